The van der Waals surface area contributed by atoms with Crippen molar-refractivity contribution < 1.29 is 4.79 Å². The second-order valence-corrected chi connectivity index (χ2v) is 6.97. The van der Waals surface area contributed by atoms with E-state index in [9.17, 15) is 4.79 Å². The average molecular weight is 364 g/mol. The molecule has 0 heterocycles. The number of aliphatic imine (C=N–C) groups is 1. The van der Waals surface area contributed by atoms with Crippen LogP contribution >= 0.6 is 0 Å². The SMILES string of the molecule is CN=C(NCCNC(=O)c1ccccc1)NCC1(c2ccccc2)CCC1. The van der Waals surface area contributed by atoms with Crippen molar-refractivity contribution in [3.05, 3.63) is 71.8 Å². The molecule has 1 amide bonds. The van der Waals surface area contributed by atoms with Crippen LogP contribution in [0, 0.1) is 0 Å². The van der Waals surface area contributed by atoms with E-state index in [4.69, 9.17) is 0 Å². The molecule has 2 aromatic rings. The summed E-state index contributed by atoms with van der Waals surface area (Å²) in [6.07, 6.45) is 3.68. The molecule has 5 heteroatoms. The summed E-state index contributed by atoms with van der Waals surface area (Å²) in [6.45, 7) is 2.03. The molecule has 1 aliphatic rings. The van der Waals surface area contributed by atoms with Crippen molar-refractivity contribution in [1.82, 2.24) is 16.0 Å². The summed E-state index contributed by atoms with van der Waals surface area (Å²) in [6, 6.07) is 20.0. The number of rotatable bonds is 7. The van der Waals surface area contributed by atoms with Crippen LogP contribution < -0.4 is 16.0 Å². The molecule has 0 atom stereocenters. The molecule has 5 nitrogen and oxygen atoms in total. The van der Waals surface area contributed by atoms with Gasteiger partial charge in [0.05, 0.1) is 0 Å². The van der Waals surface area contributed by atoms with Crippen molar-refractivity contribution in [2.24, 2.45) is 4.99 Å². The van der Waals surface area contributed by atoms with Crippen LogP contribution in [-0.2, 0) is 5.41 Å². The highest BCUT2D eigenvalue weighted by Gasteiger charge is 2.38. The van der Waals surface area contributed by atoms with Gasteiger partial charge in [-0.25, -0.2) is 0 Å². The second-order valence-electron chi connectivity index (χ2n) is 6.97. The second kappa shape index (κ2) is 9.21. The number of nitrogens with zero attached hydrogens (tertiary/aromatic N) is 1. The highest BCUT2D eigenvalue weighted by molar-refractivity contribution is 5.94. The van der Waals surface area contributed by atoms with E-state index in [-0.39, 0.29) is 11.3 Å². The van der Waals surface area contributed by atoms with Gasteiger partial charge in [-0.2, -0.15) is 0 Å². The van der Waals surface area contributed by atoms with Gasteiger partial charge in [0.2, 0.25) is 0 Å². The van der Waals surface area contributed by atoms with Crippen LogP contribution in [-0.4, -0.2) is 38.5 Å². The molecule has 3 rings (SSSR count). The fraction of sp³-hybridized carbons (Fsp3) is 0.364. The van der Waals surface area contributed by atoms with E-state index in [1.165, 1.54) is 24.8 Å². The zero-order valence-electron chi connectivity index (χ0n) is 15.9. The molecule has 3 N–H and O–H groups in total. The van der Waals surface area contributed by atoms with E-state index in [1.54, 1.807) is 7.05 Å². The molecule has 0 unspecified atom stereocenters. The van der Waals surface area contributed by atoms with Gasteiger partial charge in [-0.15, -0.1) is 0 Å². The molecule has 0 aliphatic heterocycles. The Morgan fingerprint density at radius 2 is 1.56 bits per heavy atom. The number of carbonyl (C=O) groups is 1. The van der Waals surface area contributed by atoms with E-state index in [0.717, 1.165) is 12.5 Å². The van der Waals surface area contributed by atoms with Gasteiger partial charge in [-0.3, -0.25) is 9.79 Å². The number of hydrogen-bond donors (Lipinski definition) is 3. The third kappa shape index (κ3) is 4.88. The minimum absolute atomic E-state index is 0.0576. The topological polar surface area (TPSA) is 65.5 Å². The third-order valence-corrected chi connectivity index (χ3v) is 5.25. The Balaban J connectivity index is 1.43. The van der Waals surface area contributed by atoms with E-state index in [0.29, 0.717) is 18.7 Å². The summed E-state index contributed by atoms with van der Waals surface area (Å²) < 4.78 is 0. The maximum atomic E-state index is 12.0. The third-order valence-electron chi connectivity index (χ3n) is 5.25. The van der Waals surface area contributed by atoms with E-state index < -0.39 is 0 Å². The highest BCUT2D eigenvalue weighted by Crippen LogP contribution is 2.43. The van der Waals surface area contributed by atoms with Crippen molar-refractivity contribution >= 4 is 11.9 Å². The molecule has 1 saturated carbocycles. The average Bonchev–Trinajstić information content (AvgIpc) is 2.70. The normalized spacial score (nSPS) is 15.5. The summed E-state index contributed by atoms with van der Waals surface area (Å²) in [5.74, 6) is 0.712. The first kappa shape index (κ1) is 19.0. The number of amides is 1. The lowest BCUT2D eigenvalue weighted by atomic mass is 9.64. The highest BCUT2D eigenvalue weighted by atomic mass is 16.1. The van der Waals surface area contributed by atoms with Gasteiger partial charge in [0.1, 0.15) is 0 Å². The minimum Gasteiger partial charge on any atom is -0.356 e. The van der Waals surface area contributed by atoms with Crippen molar-refractivity contribution in [3.8, 4) is 0 Å². The predicted octanol–water partition coefficient (Wildman–Crippen LogP) is 2.70. The van der Waals surface area contributed by atoms with Gasteiger partial charge >= 0.3 is 0 Å². The number of guanidine groups is 1. The maximum absolute atomic E-state index is 12.0. The molecular formula is C22H28N4O. The first-order valence-electron chi connectivity index (χ1n) is 9.57. The van der Waals surface area contributed by atoms with Crippen LogP contribution in [0.5, 0.6) is 0 Å². The Bertz CT molecular complexity index is 754. The number of nitrogens with one attached hydrogen (secondary N) is 3. The molecule has 0 bridgehead atoms. The molecule has 1 fully saturated rings. The zero-order valence-corrected chi connectivity index (χ0v) is 15.9. The Morgan fingerprint density at radius 3 is 2.15 bits per heavy atom. The van der Waals surface area contributed by atoms with E-state index >= 15 is 0 Å². The van der Waals surface area contributed by atoms with Gasteiger partial charge in [0.25, 0.3) is 5.91 Å². The molecule has 27 heavy (non-hydrogen) atoms. The van der Waals surface area contributed by atoms with E-state index in [2.05, 4.69) is 51.3 Å². The van der Waals surface area contributed by atoms with Crippen LogP contribution in [0.2, 0.25) is 0 Å². The summed E-state index contributed by atoms with van der Waals surface area (Å²) in [7, 11) is 1.77. The first-order chi connectivity index (χ1) is 13.2. The van der Waals surface area contributed by atoms with Crippen LogP contribution in [0.3, 0.4) is 0 Å². The molecule has 0 aromatic heterocycles. The molecule has 0 spiro atoms. The van der Waals surface area contributed by atoms with Gasteiger partial charge in [0.15, 0.2) is 5.96 Å². The Kier molecular flexibility index (Phi) is 6.47. The first-order valence-corrected chi connectivity index (χ1v) is 9.57. The predicted molar refractivity (Wildman–Crippen MR) is 110 cm³/mol. The summed E-state index contributed by atoms with van der Waals surface area (Å²) >= 11 is 0. The minimum atomic E-state index is -0.0576. The quantitative estimate of drug-likeness (QED) is 0.402. The Hall–Kier alpha value is -2.82. The zero-order chi connectivity index (χ0) is 19.0. The number of benzene rings is 2. The molecular weight excluding hydrogens is 336 g/mol. The molecule has 2 aromatic carbocycles. The van der Waals surface area contributed by atoms with Gasteiger partial charge in [-0.1, -0.05) is 55.0 Å². The lowest BCUT2D eigenvalue weighted by Gasteiger charge is -2.43. The maximum Gasteiger partial charge on any atom is 0.251 e. The molecule has 1 aliphatic carbocycles. The van der Waals surface area contributed by atoms with Crippen molar-refractivity contribution in [3.63, 3.8) is 0 Å². The molecule has 142 valence electrons. The van der Waals surface area contributed by atoms with Gasteiger partial charge < -0.3 is 16.0 Å². The Morgan fingerprint density at radius 1 is 0.926 bits per heavy atom. The van der Waals surface area contributed by atoms with Crippen molar-refractivity contribution in [2.45, 2.75) is 24.7 Å². The molecule has 0 radical (unpaired) electrons. The smallest absolute Gasteiger partial charge is 0.251 e. The van der Waals surface area contributed by atoms with Gasteiger partial charge in [-0.05, 0) is 30.5 Å². The van der Waals surface area contributed by atoms with Crippen molar-refractivity contribution in [1.29, 1.82) is 0 Å². The monoisotopic (exact) mass is 364 g/mol. The largest absolute Gasteiger partial charge is 0.356 e. The van der Waals surface area contributed by atoms with Crippen LogP contribution in [0.1, 0.15) is 35.2 Å². The Labute approximate surface area is 161 Å². The lowest BCUT2D eigenvalue weighted by molar-refractivity contribution is 0.0954. The number of hydrogen-bond acceptors (Lipinski definition) is 2. The molecule has 0 saturated heterocycles. The van der Waals surface area contributed by atoms with Crippen molar-refractivity contribution in [2.75, 3.05) is 26.7 Å². The van der Waals surface area contributed by atoms with Crippen LogP contribution in [0.25, 0.3) is 0 Å². The number of carbonyl (C=O) groups excluding carboxylic acids is 1. The van der Waals surface area contributed by atoms with Crippen LogP contribution in [0.4, 0.5) is 0 Å². The summed E-state index contributed by atoms with van der Waals surface area (Å²) in [4.78, 5) is 16.3. The summed E-state index contributed by atoms with van der Waals surface area (Å²) in [5.41, 5.74) is 2.28. The lowest BCUT2D eigenvalue weighted by Crippen LogP contribution is -2.49. The van der Waals surface area contributed by atoms with E-state index in [1.807, 2.05) is 30.3 Å². The standard InChI is InChI=1S/C22H28N4O/c1-23-21(25-16-15-24-20(27)18-9-4-2-5-10-18)26-17-22(13-8-14-22)19-11-6-3-7-12-19/h2-7,9-12H,8,13-17H2,1H3,(H,24,27)(H2,23,25,26). The van der Waals surface area contributed by atoms with Gasteiger partial charge in [0, 0.05) is 37.7 Å². The fourth-order valence-corrected chi connectivity index (χ4v) is 3.48. The van der Waals surface area contributed by atoms with Crippen LogP contribution in [0.15, 0.2) is 65.7 Å². The fourth-order valence-electron chi connectivity index (χ4n) is 3.48. The summed E-state index contributed by atoms with van der Waals surface area (Å²) in [5, 5.41) is 9.64.